The molecule has 0 aliphatic carbocycles. The highest BCUT2D eigenvalue weighted by atomic mass is 32.1. The zero-order valence-electron chi connectivity index (χ0n) is 19.8. The Morgan fingerprint density at radius 1 is 0.971 bits per heavy atom. The molecule has 4 aromatic rings. The molecular weight excluding hydrogens is 469 g/mol. The van der Waals surface area contributed by atoms with Crippen LogP contribution in [0.1, 0.15) is 34.2 Å². The van der Waals surface area contributed by atoms with Crippen molar-refractivity contribution in [2.45, 2.75) is 13.3 Å². The lowest BCUT2D eigenvalue weighted by atomic mass is 9.93. The summed E-state index contributed by atoms with van der Waals surface area (Å²) in [7, 11) is 4.47. The van der Waals surface area contributed by atoms with Crippen LogP contribution in [0.4, 0.5) is 4.39 Å². The third-order valence-corrected chi connectivity index (χ3v) is 6.79. The molecular formula is C27H24FNO5S. The molecule has 35 heavy (non-hydrogen) atoms. The van der Waals surface area contributed by atoms with E-state index in [-0.39, 0.29) is 29.5 Å². The molecule has 0 amide bonds. The smallest absolute Gasteiger partial charge is 0.188 e. The van der Waals surface area contributed by atoms with Crippen molar-refractivity contribution in [1.82, 2.24) is 4.98 Å². The van der Waals surface area contributed by atoms with Crippen LogP contribution in [0.5, 0.6) is 17.2 Å². The van der Waals surface area contributed by atoms with Gasteiger partial charge >= 0.3 is 0 Å². The summed E-state index contributed by atoms with van der Waals surface area (Å²) in [6.07, 6.45) is -0.0179. The van der Waals surface area contributed by atoms with E-state index in [2.05, 4.69) is 4.98 Å². The van der Waals surface area contributed by atoms with Crippen molar-refractivity contribution in [1.29, 1.82) is 0 Å². The lowest BCUT2D eigenvalue weighted by Gasteiger charge is -2.14. The van der Waals surface area contributed by atoms with E-state index in [0.717, 1.165) is 10.9 Å². The quantitative estimate of drug-likeness (QED) is 0.258. The van der Waals surface area contributed by atoms with Crippen molar-refractivity contribution in [2.24, 2.45) is 5.92 Å². The molecule has 0 aliphatic rings. The van der Waals surface area contributed by atoms with Crippen molar-refractivity contribution in [3.8, 4) is 28.5 Å². The van der Waals surface area contributed by atoms with Gasteiger partial charge in [-0.25, -0.2) is 9.37 Å². The molecule has 2 heterocycles. The number of nitrogens with zero attached hydrogens (tertiary/aromatic N) is 1. The molecule has 0 fully saturated rings. The fourth-order valence-corrected chi connectivity index (χ4v) is 4.86. The maximum atomic E-state index is 14.2. The van der Waals surface area contributed by atoms with Gasteiger partial charge in [0.15, 0.2) is 23.1 Å². The second-order valence-electron chi connectivity index (χ2n) is 7.98. The second kappa shape index (κ2) is 10.2. The number of pyridine rings is 1. The Hall–Kier alpha value is -3.78. The number of hydrogen-bond donors (Lipinski definition) is 0. The standard InChI is InChI=1S/C27H24FNO5S/c1-15(12-21(30)16-8-10-22(32-2)24(13-16)34-4)26(31)25-23(33-3)11-9-20(29-25)18-14-35-27-17(18)6-5-7-19(27)28/h5-11,13-15H,12H2,1-4H3. The number of thiophene rings is 1. The van der Waals surface area contributed by atoms with Gasteiger partial charge in [-0.05, 0) is 36.4 Å². The SMILES string of the molecule is COc1ccc(C(=O)CC(C)C(=O)c2nc(-c3csc4c(F)cccc34)ccc2OC)cc1OC. The number of hydrogen-bond acceptors (Lipinski definition) is 7. The number of carbonyl (C=O) groups is 2. The minimum Gasteiger partial charge on any atom is -0.494 e. The van der Waals surface area contributed by atoms with Crippen LogP contribution in [-0.2, 0) is 0 Å². The molecule has 1 atom stereocenters. The average Bonchev–Trinajstić information content (AvgIpc) is 3.32. The Kier molecular flexibility index (Phi) is 7.12. The zero-order valence-corrected chi connectivity index (χ0v) is 20.6. The molecule has 0 radical (unpaired) electrons. The molecule has 0 aliphatic heterocycles. The van der Waals surface area contributed by atoms with Crippen LogP contribution in [-0.4, -0.2) is 37.9 Å². The van der Waals surface area contributed by atoms with E-state index in [9.17, 15) is 14.0 Å². The summed E-state index contributed by atoms with van der Waals surface area (Å²) in [5.41, 5.74) is 1.82. The van der Waals surface area contributed by atoms with E-state index in [1.807, 2.05) is 11.4 Å². The predicted molar refractivity (Wildman–Crippen MR) is 134 cm³/mol. The van der Waals surface area contributed by atoms with Crippen LogP contribution in [0.3, 0.4) is 0 Å². The third-order valence-electron chi connectivity index (χ3n) is 5.78. The number of rotatable bonds is 9. The lowest BCUT2D eigenvalue weighted by molar-refractivity contribution is 0.0857. The van der Waals surface area contributed by atoms with Crippen molar-refractivity contribution < 1.29 is 28.2 Å². The highest BCUT2D eigenvalue weighted by Crippen LogP contribution is 2.36. The van der Waals surface area contributed by atoms with Gasteiger partial charge in [-0.1, -0.05) is 19.1 Å². The molecule has 0 N–H and O–H groups in total. The molecule has 1 unspecified atom stereocenters. The largest absolute Gasteiger partial charge is 0.494 e. The zero-order chi connectivity index (χ0) is 25.1. The van der Waals surface area contributed by atoms with Gasteiger partial charge in [0.05, 0.1) is 31.7 Å². The van der Waals surface area contributed by atoms with Gasteiger partial charge in [-0.2, -0.15) is 0 Å². The van der Waals surface area contributed by atoms with Crippen LogP contribution in [0.15, 0.2) is 53.9 Å². The van der Waals surface area contributed by atoms with Crippen LogP contribution in [0, 0.1) is 11.7 Å². The fourth-order valence-electron chi connectivity index (χ4n) is 3.89. The number of ketones is 2. The topological polar surface area (TPSA) is 74.7 Å². The maximum absolute atomic E-state index is 14.2. The van der Waals surface area contributed by atoms with Crippen molar-refractivity contribution >= 4 is 33.0 Å². The van der Waals surface area contributed by atoms with Gasteiger partial charge in [0, 0.05) is 34.2 Å². The van der Waals surface area contributed by atoms with E-state index >= 15 is 0 Å². The molecule has 8 heteroatoms. The molecule has 0 bridgehead atoms. The number of fused-ring (bicyclic) bond motifs is 1. The normalized spacial score (nSPS) is 11.8. The molecule has 2 aromatic heterocycles. The van der Waals surface area contributed by atoms with Gasteiger partial charge in [-0.15, -0.1) is 11.3 Å². The highest BCUT2D eigenvalue weighted by molar-refractivity contribution is 7.17. The first kappa shape index (κ1) is 24.3. The van der Waals surface area contributed by atoms with E-state index in [4.69, 9.17) is 14.2 Å². The summed E-state index contributed by atoms with van der Waals surface area (Å²) >= 11 is 1.28. The minimum atomic E-state index is -0.649. The van der Waals surface area contributed by atoms with Crippen molar-refractivity contribution in [3.63, 3.8) is 0 Å². The summed E-state index contributed by atoms with van der Waals surface area (Å²) in [6.45, 7) is 1.68. The van der Waals surface area contributed by atoms with E-state index in [1.165, 1.54) is 38.7 Å². The molecule has 4 rings (SSSR count). The number of carbonyl (C=O) groups excluding carboxylic acids is 2. The summed E-state index contributed by atoms with van der Waals surface area (Å²) in [5.74, 6) is -0.207. The molecule has 2 aromatic carbocycles. The van der Waals surface area contributed by atoms with Gasteiger partial charge in [0.2, 0.25) is 0 Å². The Bertz CT molecular complexity index is 1410. The Morgan fingerprint density at radius 2 is 1.69 bits per heavy atom. The number of aromatic nitrogens is 1. The first-order chi connectivity index (χ1) is 16.9. The second-order valence-corrected chi connectivity index (χ2v) is 8.86. The number of methoxy groups -OCH3 is 3. The molecule has 0 saturated heterocycles. The molecule has 0 saturated carbocycles. The van der Waals surface area contributed by atoms with E-state index in [0.29, 0.717) is 33.2 Å². The fraction of sp³-hybridized carbons (Fsp3) is 0.222. The highest BCUT2D eigenvalue weighted by Gasteiger charge is 2.25. The predicted octanol–water partition coefficient (Wildman–Crippen LogP) is 6.22. The maximum Gasteiger partial charge on any atom is 0.188 e. The average molecular weight is 494 g/mol. The van der Waals surface area contributed by atoms with Crippen LogP contribution < -0.4 is 14.2 Å². The van der Waals surface area contributed by atoms with Crippen LogP contribution >= 0.6 is 11.3 Å². The summed E-state index contributed by atoms with van der Waals surface area (Å²) in [5, 5.41) is 2.55. The number of benzene rings is 2. The first-order valence-corrected chi connectivity index (χ1v) is 11.8. The van der Waals surface area contributed by atoms with Crippen molar-refractivity contribution in [2.75, 3.05) is 21.3 Å². The number of ether oxygens (including phenoxy) is 3. The monoisotopic (exact) mass is 493 g/mol. The molecule has 0 spiro atoms. The Balaban J connectivity index is 1.62. The van der Waals surface area contributed by atoms with E-state index in [1.54, 1.807) is 43.3 Å². The summed E-state index contributed by atoms with van der Waals surface area (Å²) in [6, 6.07) is 13.2. The Labute approximate surface area is 206 Å². The van der Waals surface area contributed by atoms with E-state index < -0.39 is 5.92 Å². The van der Waals surface area contributed by atoms with Crippen LogP contribution in [0.2, 0.25) is 0 Å². The summed E-state index contributed by atoms with van der Waals surface area (Å²) in [4.78, 5) is 30.8. The first-order valence-electron chi connectivity index (χ1n) is 10.9. The van der Waals surface area contributed by atoms with Gasteiger partial charge in [0.1, 0.15) is 17.3 Å². The number of Topliss-reactive ketones (excluding diaryl/α,β-unsaturated/α-hetero) is 2. The minimum absolute atomic E-state index is 0.0179. The number of halogens is 1. The Morgan fingerprint density at radius 3 is 2.40 bits per heavy atom. The van der Waals surface area contributed by atoms with Gasteiger partial charge in [-0.3, -0.25) is 9.59 Å². The lowest BCUT2D eigenvalue weighted by Crippen LogP contribution is -2.18. The van der Waals surface area contributed by atoms with Crippen LogP contribution in [0.25, 0.3) is 21.3 Å². The molecule has 180 valence electrons. The summed E-state index contributed by atoms with van der Waals surface area (Å²) < 4.78 is 30.6. The van der Waals surface area contributed by atoms with Gasteiger partial charge in [0.25, 0.3) is 0 Å². The van der Waals surface area contributed by atoms with Gasteiger partial charge < -0.3 is 14.2 Å². The third kappa shape index (κ3) is 4.74. The van der Waals surface area contributed by atoms with Crippen molar-refractivity contribution in [3.05, 3.63) is 71.0 Å². The molecule has 6 nitrogen and oxygen atoms in total.